The first-order valence-corrected chi connectivity index (χ1v) is 6.80. The highest BCUT2D eigenvalue weighted by molar-refractivity contribution is 6.34. The molecule has 3 N–H and O–H groups in total. The molecule has 0 unspecified atom stereocenters. The lowest BCUT2D eigenvalue weighted by Crippen LogP contribution is -2.31. The maximum absolute atomic E-state index is 12.1. The molecule has 0 heterocycles. The molecule has 0 aliphatic heterocycles. The molecule has 0 spiro atoms. The molecule has 1 aromatic rings. The molecule has 1 aliphatic rings. The predicted octanol–water partition coefficient (Wildman–Crippen LogP) is 1.72. The highest BCUT2D eigenvalue weighted by Gasteiger charge is 2.48. The number of rotatable bonds is 4. The number of anilines is 1. The summed E-state index contributed by atoms with van der Waals surface area (Å²) in [6.07, 6.45) is 1.59. The number of halogens is 1. The minimum atomic E-state index is -0.453. The zero-order valence-corrected chi connectivity index (χ0v) is 12.3. The van der Waals surface area contributed by atoms with Crippen molar-refractivity contribution in [2.24, 2.45) is 11.1 Å². The van der Waals surface area contributed by atoms with Gasteiger partial charge in [0.25, 0.3) is 5.91 Å². The van der Waals surface area contributed by atoms with Crippen LogP contribution in [0.2, 0.25) is 5.02 Å². The van der Waals surface area contributed by atoms with E-state index in [9.17, 15) is 9.59 Å². The van der Waals surface area contributed by atoms with Crippen molar-refractivity contribution in [2.75, 3.05) is 26.0 Å². The van der Waals surface area contributed by atoms with E-state index in [1.165, 1.54) is 4.90 Å². The van der Waals surface area contributed by atoms with Gasteiger partial charge in [-0.15, -0.1) is 0 Å². The van der Waals surface area contributed by atoms with Gasteiger partial charge in [-0.3, -0.25) is 9.59 Å². The summed E-state index contributed by atoms with van der Waals surface area (Å²) in [5.74, 6) is -0.270. The molecule has 108 valence electrons. The Balaban J connectivity index is 2.21. The molecule has 1 fully saturated rings. The van der Waals surface area contributed by atoms with Gasteiger partial charge in [0.15, 0.2) is 0 Å². The Bertz CT molecular complexity index is 553. The van der Waals surface area contributed by atoms with Gasteiger partial charge in [0.2, 0.25) is 5.91 Å². The van der Waals surface area contributed by atoms with E-state index in [1.807, 2.05) is 0 Å². The van der Waals surface area contributed by atoms with Crippen LogP contribution >= 0.6 is 11.6 Å². The molecule has 0 saturated heterocycles. The van der Waals surface area contributed by atoms with Gasteiger partial charge in [-0.05, 0) is 31.0 Å². The lowest BCUT2D eigenvalue weighted by atomic mass is 10.1. The van der Waals surface area contributed by atoms with Gasteiger partial charge < -0.3 is 16.0 Å². The summed E-state index contributed by atoms with van der Waals surface area (Å²) in [6.45, 7) is 0.326. The maximum atomic E-state index is 12.1. The van der Waals surface area contributed by atoms with Crippen LogP contribution in [0, 0.1) is 5.41 Å². The van der Waals surface area contributed by atoms with Crippen LogP contribution in [-0.4, -0.2) is 37.4 Å². The van der Waals surface area contributed by atoms with Crippen LogP contribution in [0.5, 0.6) is 0 Å². The Morgan fingerprint density at radius 1 is 1.40 bits per heavy atom. The lowest BCUT2D eigenvalue weighted by molar-refractivity contribution is -0.120. The third kappa shape index (κ3) is 2.78. The maximum Gasteiger partial charge on any atom is 0.253 e. The number of hydrogen-bond acceptors (Lipinski definition) is 3. The molecular weight excluding hydrogens is 278 g/mol. The average molecular weight is 296 g/mol. The number of nitrogens with zero attached hydrogens (tertiary/aromatic N) is 1. The molecule has 1 saturated carbocycles. The van der Waals surface area contributed by atoms with E-state index in [0.29, 0.717) is 22.8 Å². The fourth-order valence-electron chi connectivity index (χ4n) is 1.94. The van der Waals surface area contributed by atoms with E-state index in [1.54, 1.807) is 32.3 Å². The van der Waals surface area contributed by atoms with Crippen LogP contribution < -0.4 is 11.1 Å². The smallest absolute Gasteiger partial charge is 0.253 e. The van der Waals surface area contributed by atoms with Gasteiger partial charge in [0.1, 0.15) is 0 Å². The van der Waals surface area contributed by atoms with Gasteiger partial charge in [0.05, 0.1) is 16.1 Å². The van der Waals surface area contributed by atoms with E-state index in [4.69, 9.17) is 17.3 Å². The zero-order chi connectivity index (χ0) is 14.9. The third-order valence-corrected chi connectivity index (χ3v) is 3.92. The second-order valence-electron chi connectivity index (χ2n) is 5.33. The van der Waals surface area contributed by atoms with Crippen LogP contribution in [0.3, 0.4) is 0 Å². The summed E-state index contributed by atoms with van der Waals surface area (Å²) >= 11 is 6.07. The monoisotopic (exact) mass is 295 g/mol. The van der Waals surface area contributed by atoms with Crippen molar-refractivity contribution in [3.05, 3.63) is 28.8 Å². The lowest BCUT2D eigenvalue weighted by Gasteiger charge is -2.15. The number of amides is 2. The molecule has 0 radical (unpaired) electrons. The highest BCUT2D eigenvalue weighted by atomic mass is 35.5. The van der Waals surface area contributed by atoms with Gasteiger partial charge in [-0.2, -0.15) is 0 Å². The molecule has 0 atom stereocenters. The summed E-state index contributed by atoms with van der Waals surface area (Å²) < 4.78 is 0. The number of hydrogen-bond donors (Lipinski definition) is 2. The number of benzene rings is 1. The third-order valence-electron chi connectivity index (χ3n) is 3.59. The van der Waals surface area contributed by atoms with Crippen LogP contribution in [0.25, 0.3) is 0 Å². The van der Waals surface area contributed by atoms with Crippen LogP contribution in [-0.2, 0) is 4.79 Å². The Morgan fingerprint density at radius 3 is 2.55 bits per heavy atom. The van der Waals surface area contributed by atoms with Crippen LogP contribution in [0.4, 0.5) is 5.69 Å². The second kappa shape index (κ2) is 5.42. The standard InChI is InChI=1S/C14H18ClN3O2/c1-18(2)12(19)9-3-4-10(15)11(7-9)17-13(20)14(8-16)5-6-14/h3-4,7H,5-6,8,16H2,1-2H3,(H,17,20). The summed E-state index contributed by atoms with van der Waals surface area (Å²) in [5.41, 5.74) is 6.10. The Hall–Kier alpha value is -1.59. The predicted molar refractivity (Wildman–Crippen MR) is 78.8 cm³/mol. The molecule has 1 aromatic carbocycles. The summed E-state index contributed by atoms with van der Waals surface area (Å²) in [7, 11) is 3.34. The van der Waals surface area contributed by atoms with Crippen molar-refractivity contribution >= 4 is 29.1 Å². The van der Waals surface area contributed by atoms with Crippen molar-refractivity contribution < 1.29 is 9.59 Å². The fourth-order valence-corrected chi connectivity index (χ4v) is 2.11. The van der Waals surface area contributed by atoms with Gasteiger partial charge in [-0.1, -0.05) is 11.6 Å². The molecule has 0 aromatic heterocycles. The Labute approximate surface area is 123 Å². The van der Waals surface area contributed by atoms with Gasteiger partial charge in [0, 0.05) is 26.2 Å². The molecular formula is C14H18ClN3O2. The largest absolute Gasteiger partial charge is 0.345 e. The quantitative estimate of drug-likeness (QED) is 0.888. The Kier molecular flexibility index (Phi) is 4.01. The first-order chi connectivity index (χ1) is 9.39. The molecule has 6 heteroatoms. The first kappa shape index (κ1) is 14.8. The van der Waals surface area contributed by atoms with E-state index in [-0.39, 0.29) is 11.8 Å². The fraction of sp³-hybridized carbons (Fsp3) is 0.429. The minimum Gasteiger partial charge on any atom is -0.345 e. The van der Waals surface area contributed by atoms with Crippen molar-refractivity contribution in [2.45, 2.75) is 12.8 Å². The van der Waals surface area contributed by atoms with Gasteiger partial charge in [-0.25, -0.2) is 0 Å². The topological polar surface area (TPSA) is 75.4 Å². The molecule has 5 nitrogen and oxygen atoms in total. The summed E-state index contributed by atoms with van der Waals surface area (Å²) in [6, 6.07) is 4.83. The number of nitrogens with two attached hydrogens (primary N) is 1. The molecule has 20 heavy (non-hydrogen) atoms. The van der Waals surface area contributed by atoms with Crippen LogP contribution in [0.15, 0.2) is 18.2 Å². The van der Waals surface area contributed by atoms with E-state index < -0.39 is 5.41 Å². The molecule has 1 aliphatic carbocycles. The zero-order valence-electron chi connectivity index (χ0n) is 11.6. The molecule has 2 amide bonds. The van der Waals surface area contributed by atoms with Crippen molar-refractivity contribution in [1.29, 1.82) is 0 Å². The second-order valence-corrected chi connectivity index (χ2v) is 5.74. The van der Waals surface area contributed by atoms with Crippen LogP contribution in [0.1, 0.15) is 23.2 Å². The minimum absolute atomic E-state index is 0.128. The normalized spacial score (nSPS) is 15.6. The van der Waals surface area contributed by atoms with Gasteiger partial charge >= 0.3 is 0 Å². The number of carbonyl (C=O) groups is 2. The number of carbonyl (C=O) groups excluding carboxylic acids is 2. The van der Waals surface area contributed by atoms with Crippen molar-refractivity contribution in [1.82, 2.24) is 4.90 Å². The van der Waals surface area contributed by atoms with Crippen molar-refractivity contribution in [3.63, 3.8) is 0 Å². The van der Waals surface area contributed by atoms with E-state index in [2.05, 4.69) is 5.32 Å². The molecule has 0 bridgehead atoms. The SMILES string of the molecule is CN(C)C(=O)c1ccc(Cl)c(NC(=O)C2(CN)CC2)c1. The number of nitrogens with one attached hydrogen (secondary N) is 1. The van der Waals surface area contributed by atoms with E-state index in [0.717, 1.165) is 12.8 Å². The first-order valence-electron chi connectivity index (χ1n) is 6.42. The Morgan fingerprint density at radius 2 is 2.05 bits per heavy atom. The summed E-state index contributed by atoms with van der Waals surface area (Å²) in [5, 5.41) is 3.18. The van der Waals surface area contributed by atoms with E-state index >= 15 is 0 Å². The average Bonchev–Trinajstić information content (AvgIpc) is 3.21. The molecule has 2 rings (SSSR count). The summed E-state index contributed by atoms with van der Waals surface area (Å²) in [4.78, 5) is 25.5. The highest BCUT2D eigenvalue weighted by Crippen LogP contribution is 2.45. The van der Waals surface area contributed by atoms with Crippen molar-refractivity contribution in [3.8, 4) is 0 Å².